The van der Waals surface area contributed by atoms with Gasteiger partial charge in [0.25, 0.3) is 0 Å². The van der Waals surface area contributed by atoms with Crippen molar-refractivity contribution in [3.8, 4) is 5.75 Å². The highest BCUT2D eigenvalue weighted by molar-refractivity contribution is 9.10. The lowest BCUT2D eigenvalue weighted by atomic mass is 10.00. The number of rotatable bonds is 9. The SMILES string of the molecule is CCc1cc(Nc2ncc(Br)c(Nc3ccc4nccnc4c3P(C)C)n2)c(OC)cc1N1CCC(N2C[C@H]3CN(C(C)=O)C[C@H]3C2)CC1. The third-order valence-electron chi connectivity index (χ3n) is 10.4. The first-order valence-electron chi connectivity index (χ1n) is 17.1. The molecule has 0 spiro atoms. The summed E-state index contributed by atoms with van der Waals surface area (Å²) in [6.07, 6.45) is 8.42. The van der Waals surface area contributed by atoms with Gasteiger partial charge >= 0.3 is 0 Å². The van der Waals surface area contributed by atoms with E-state index in [-0.39, 0.29) is 5.91 Å². The Morgan fingerprint density at radius 2 is 1.73 bits per heavy atom. The molecule has 3 aliphatic rings. The normalized spacial score (nSPS) is 19.9. The maximum absolute atomic E-state index is 11.9. The summed E-state index contributed by atoms with van der Waals surface area (Å²) >= 11 is 3.65. The number of hydrogen-bond acceptors (Lipinski definition) is 10. The van der Waals surface area contributed by atoms with E-state index < -0.39 is 7.92 Å². The number of ether oxygens (including phenoxy) is 1. The molecule has 3 aliphatic heterocycles. The average molecular weight is 747 g/mol. The summed E-state index contributed by atoms with van der Waals surface area (Å²) in [6, 6.07) is 9.00. The van der Waals surface area contributed by atoms with Crippen LogP contribution in [-0.2, 0) is 11.2 Å². The van der Waals surface area contributed by atoms with Gasteiger partial charge in [0.2, 0.25) is 11.9 Å². The molecule has 2 aromatic carbocycles. The Kier molecular flexibility index (Phi) is 9.91. The zero-order valence-corrected chi connectivity index (χ0v) is 31.4. The molecule has 2 N–H and O–H groups in total. The molecular formula is C36H45BrN9O2P. The van der Waals surface area contributed by atoms with Gasteiger partial charge in [-0.1, -0.05) is 14.8 Å². The molecule has 0 bridgehead atoms. The first-order valence-corrected chi connectivity index (χ1v) is 20.2. The number of benzene rings is 2. The van der Waals surface area contributed by atoms with Crippen molar-refractivity contribution in [2.75, 3.05) is 75.2 Å². The molecule has 7 rings (SSSR count). The smallest absolute Gasteiger partial charge is 0.229 e. The summed E-state index contributed by atoms with van der Waals surface area (Å²) in [5, 5.41) is 8.14. The third-order valence-corrected chi connectivity index (χ3v) is 12.3. The van der Waals surface area contributed by atoms with Gasteiger partial charge in [0, 0.05) is 93.6 Å². The zero-order chi connectivity index (χ0) is 34.2. The number of hydrogen-bond donors (Lipinski definition) is 2. The molecule has 13 heteroatoms. The second-order valence-electron chi connectivity index (χ2n) is 13.6. The van der Waals surface area contributed by atoms with E-state index in [1.54, 1.807) is 32.6 Å². The number of methoxy groups -OCH3 is 1. The van der Waals surface area contributed by atoms with E-state index in [2.05, 4.69) is 83.7 Å². The predicted molar refractivity (Wildman–Crippen MR) is 203 cm³/mol. The highest BCUT2D eigenvalue weighted by atomic mass is 79.9. The van der Waals surface area contributed by atoms with Gasteiger partial charge in [-0.25, -0.2) is 4.98 Å². The summed E-state index contributed by atoms with van der Waals surface area (Å²) in [5.74, 6) is 3.37. The number of amides is 1. The van der Waals surface area contributed by atoms with Crippen LogP contribution in [0.1, 0.15) is 32.3 Å². The van der Waals surface area contributed by atoms with Crippen molar-refractivity contribution in [2.45, 2.75) is 39.2 Å². The van der Waals surface area contributed by atoms with Gasteiger partial charge in [-0.15, -0.1) is 0 Å². The maximum atomic E-state index is 11.9. The van der Waals surface area contributed by atoms with Gasteiger partial charge in [0.05, 0.1) is 28.3 Å². The van der Waals surface area contributed by atoms with Crippen LogP contribution in [0.4, 0.5) is 28.8 Å². The second kappa shape index (κ2) is 14.3. The average Bonchev–Trinajstić information content (AvgIpc) is 3.70. The van der Waals surface area contributed by atoms with Crippen LogP contribution in [0.15, 0.2) is 47.3 Å². The minimum absolute atomic E-state index is 0.220. The molecule has 1 amide bonds. The number of nitrogens with one attached hydrogen (secondary N) is 2. The van der Waals surface area contributed by atoms with E-state index in [4.69, 9.17) is 9.72 Å². The number of nitrogens with zero attached hydrogens (tertiary/aromatic N) is 7. The lowest BCUT2D eigenvalue weighted by Gasteiger charge is -2.39. The monoisotopic (exact) mass is 745 g/mol. The molecule has 0 saturated carbocycles. The number of halogens is 1. The molecule has 49 heavy (non-hydrogen) atoms. The molecular weight excluding hydrogens is 701 g/mol. The fraction of sp³-hybridized carbons (Fsp3) is 0.472. The van der Waals surface area contributed by atoms with E-state index >= 15 is 0 Å². The molecule has 0 radical (unpaired) electrons. The van der Waals surface area contributed by atoms with Crippen molar-refractivity contribution in [1.29, 1.82) is 0 Å². The molecule has 4 aromatic rings. The third kappa shape index (κ3) is 6.92. The van der Waals surface area contributed by atoms with Gasteiger partial charge < -0.3 is 25.2 Å². The number of carbonyl (C=O) groups excluding carboxylic acids is 1. The fourth-order valence-corrected chi connectivity index (χ4v) is 9.35. The van der Waals surface area contributed by atoms with Crippen LogP contribution in [0.2, 0.25) is 0 Å². The van der Waals surface area contributed by atoms with Gasteiger partial charge in [-0.05, 0) is 84.1 Å². The largest absolute Gasteiger partial charge is 0.494 e. The van der Waals surface area contributed by atoms with Crippen molar-refractivity contribution in [2.24, 2.45) is 11.8 Å². The topological polar surface area (TPSA) is 112 Å². The fourth-order valence-electron chi connectivity index (χ4n) is 7.85. The van der Waals surface area contributed by atoms with E-state index in [0.717, 1.165) is 96.5 Å². The van der Waals surface area contributed by atoms with E-state index in [1.807, 2.05) is 17.0 Å². The molecule has 0 unspecified atom stereocenters. The zero-order valence-electron chi connectivity index (χ0n) is 28.9. The number of fused-ring (bicyclic) bond motifs is 2. The predicted octanol–water partition coefficient (Wildman–Crippen LogP) is 5.99. The van der Waals surface area contributed by atoms with Crippen LogP contribution in [0, 0.1) is 11.8 Å². The van der Waals surface area contributed by atoms with Crippen LogP contribution >= 0.6 is 23.9 Å². The molecule has 11 nitrogen and oxygen atoms in total. The van der Waals surface area contributed by atoms with Gasteiger partial charge in [0.15, 0.2) is 0 Å². The molecule has 2 atom stereocenters. The van der Waals surface area contributed by atoms with Crippen LogP contribution in [0.5, 0.6) is 5.75 Å². The van der Waals surface area contributed by atoms with Crippen molar-refractivity contribution in [3.05, 3.63) is 52.9 Å². The molecule has 2 aromatic heterocycles. The number of aromatic nitrogens is 4. The van der Waals surface area contributed by atoms with Gasteiger partial charge in [0.1, 0.15) is 11.6 Å². The molecule has 3 fully saturated rings. The Labute approximate surface area is 298 Å². The van der Waals surface area contributed by atoms with Crippen LogP contribution in [0.3, 0.4) is 0 Å². The summed E-state index contributed by atoms with van der Waals surface area (Å²) in [5.41, 5.74) is 6.09. The van der Waals surface area contributed by atoms with Gasteiger partial charge in [-0.3, -0.25) is 19.7 Å². The first-order chi connectivity index (χ1) is 23.7. The summed E-state index contributed by atoms with van der Waals surface area (Å²) < 4.78 is 6.69. The Bertz CT molecular complexity index is 1840. The first kappa shape index (κ1) is 33.9. The number of likely N-dealkylation sites (tertiary alicyclic amines) is 2. The van der Waals surface area contributed by atoms with Crippen LogP contribution in [0.25, 0.3) is 11.0 Å². The highest BCUT2D eigenvalue weighted by Crippen LogP contribution is 2.39. The second-order valence-corrected chi connectivity index (χ2v) is 16.7. The number of carbonyl (C=O) groups is 1. The maximum Gasteiger partial charge on any atom is 0.229 e. The Balaban J connectivity index is 1.06. The minimum atomic E-state index is -0.476. The minimum Gasteiger partial charge on any atom is -0.494 e. The Hall–Kier alpha value is -3.60. The highest BCUT2D eigenvalue weighted by Gasteiger charge is 2.43. The van der Waals surface area contributed by atoms with Crippen LogP contribution in [-0.4, -0.2) is 101 Å². The number of piperidine rings is 1. The lowest BCUT2D eigenvalue weighted by Crippen LogP contribution is -2.45. The summed E-state index contributed by atoms with van der Waals surface area (Å²) in [7, 11) is 1.24. The molecule has 0 aliphatic carbocycles. The molecule has 258 valence electrons. The molecule has 3 saturated heterocycles. The standard InChI is InChI=1S/C36H45BrN9O2P/c1-6-23-15-30(42-36-40-17-27(37)35(43-36)41-29-8-7-28-33(34(29)49(4)5)39-12-11-38-28)32(48-3)16-31(23)44-13-9-26(10-14-44)46-20-24-18-45(22(2)47)19-25(24)21-46/h7-8,11-12,15-17,24-26H,6,9-10,13-14,18-21H2,1-5H3,(H2,40,41,42,43)/t24-,25+. The Morgan fingerprint density at radius 3 is 2.41 bits per heavy atom. The van der Waals surface area contributed by atoms with E-state index in [1.165, 1.54) is 11.3 Å². The van der Waals surface area contributed by atoms with Crippen molar-refractivity contribution < 1.29 is 9.53 Å². The number of aryl methyl sites for hydroxylation is 1. The van der Waals surface area contributed by atoms with E-state index in [9.17, 15) is 4.79 Å². The summed E-state index contributed by atoms with van der Waals surface area (Å²) in [6.45, 7) is 14.5. The summed E-state index contributed by atoms with van der Waals surface area (Å²) in [4.78, 5) is 37.7. The number of anilines is 5. The lowest BCUT2D eigenvalue weighted by molar-refractivity contribution is -0.128. The van der Waals surface area contributed by atoms with Crippen LogP contribution < -0.4 is 25.6 Å². The van der Waals surface area contributed by atoms with Crippen molar-refractivity contribution in [3.63, 3.8) is 0 Å². The Morgan fingerprint density at radius 1 is 1.00 bits per heavy atom. The van der Waals surface area contributed by atoms with Gasteiger partial charge in [-0.2, -0.15) is 4.98 Å². The van der Waals surface area contributed by atoms with Crippen molar-refractivity contribution >= 4 is 74.9 Å². The quantitative estimate of drug-likeness (QED) is 0.199. The van der Waals surface area contributed by atoms with E-state index in [0.29, 0.717) is 29.6 Å². The van der Waals surface area contributed by atoms with Crippen molar-refractivity contribution in [1.82, 2.24) is 29.7 Å². The molecule has 5 heterocycles.